The predicted molar refractivity (Wildman–Crippen MR) is 59.9 cm³/mol. The molecule has 4 heteroatoms. The molecule has 1 saturated heterocycles. The summed E-state index contributed by atoms with van der Waals surface area (Å²) in [5.74, 6) is 0. The summed E-state index contributed by atoms with van der Waals surface area (Å²) in [5, 5.41) is 0.751. The Morgan fingerprint density at radius 2 is 2.53 bits per heavy atom. The fraction of sp³-hybridized carbons (Fsp3) is 0.545. The van der Waals surface area contributed by atoms with E-state index in [0.29, 0.717) is 6.04 Å². The highest BCUT2D eigenvalue weighted by Crippen LogP contribution is 2.13. The van der Waals surface area contributed by atoms with Crippen LogP contribution in [0.25, 0.3) is 0 Å². The average Bonchev–Trinajstić information content (AvgIpc) is 2.22. The standard InChI is InChI=1S/C11H15ClN2O/c1-9-8-15-5-4-14(9)7-11-6-10(12)2-3-13-11/h2-3,6,9H,4-5,7-8H2,1H3. The number of morpholine rings is 1. The van der Waals surface area contributed by atoms with Crippen LogP contribution < -0.4 is 0 Å². The summed E-state index contributed by atoms with van der Waals surface area (Å²) in [6, 6.07) is 4.18. The van der Waals surface area contributed by atoms with Gasteiger partial charge >= 0.3 is 0 Å². The molecule has 1 atom stereocenters. The number of hydrogen-bond acceptors (Lipinski definition) is 3. The molecule has 0 saturated carbocycles. The van der Waals surface area contributed by atoms with E-state index in [1.807, 2.05) is 6.07 Å². The first-order valence-electron chi connectivity index (χ1n) is 5.18. The molecule has 0 aliphatic carbocycles. The van der Waals surface area contributed by atoms with Crippen LogP contribution in [0.1, 0.15) is 12.6 Å². The van der Waals surface area contributed by atoms with Crippen molar-refractivity contribution in [3.8, 4) is 0 Å². The molecule has 82 valence electrons. The second-order valence-electron chi connectivity index (χ2n) is 3.86. The maximum Gasteiger partial charge on any atom is 0.0619 e. The highest BCUT2D eigenvalue weighted by atomic mass is 35.5. The largest absolute Gasteiger partial charge is 0.379 e. The van der Waals surface area contributed by atoms with Gasteiger partial charge in [0.25, 0.3) is 0 Å². The Morgan fingerprint density at radius 1 is 1.67 bits per heavy atom. The van der Waals surface area contributed by atoms with Crippen molar-refractivity contribution in [3.05, 3.63) is 29.0 Å². The Labute approximate surface area is 95.0 Å². The monoisotopic (exact) mass is 226 g/mol. The fourth-order valence-corrected chi connectivity index (χ4v) is 1.92. The molecule has 0 amide bonds. The molecule has 1 aliphatic heterocycles. The molecule has 1 aromatic rings. The molecule has 2 rings (SSSR count). The first kappa shape index (κ1) is 10.9. The van der Waals surface area contributed by atoms with Crippen molar-refractivity contribution in [2.24, 2.45) is 0 Å². The minimum Gasteiger partial charge on any atom is -0.379 e. The topological polar surface area (TPSA) is 25.4 Å². The van der Waals surface area contributed by atoms with E-state index in [2.05, 4.69) is 16.8 Å². The molecular weight excluding hydrogens is 212 g/mol. The Bertz CT molecular complexity index is 332. The van der Waals surface area contributed by atoms with E-state index < -0.39 is 0 Å². The Morgan fingerprint density at radius 3 is 3.27 bits per heavy atom. The SMILES string of the molecule is CC1COCCN1Cc1cc(Cl)ccn1. The van der Waals surface area contributed by atoms with E-state index in [9.17, 15) is 0 Å². The van der Waals surface area contributed by atoms with Gasteiger partial charge in [0.05, 0.1) is 18.9 Å². The van der Waals surface area contributed by atoms with Crippen molar-refractivity contribution in [1.82, 2.24) is 9.88 Å². The lowest BCUT2D eigenvalue weighted by atomic mass is 10.2. The van der Waals surface area contributed by atoms with Gasteiger partial charge in [-0.05, 0) is 19.1 Å². The second kappa shape index (κ2) is 4.92. The normalized spacial score (nSPS) is 22.9. The molecule has 1 aromatic heterocycles. The van der Waals surface area contributed by atoms with Crippen molar-refractivity contribution in [3.63, 3.8) is 0 Å². The van der Waals surface area contributed by atoms with Gasteiger partial charge in [0.1, 0.15) is 0 Å². The molecule has 3 nitrogen and oxygen atoms in total. The molecule has 1 fully saturated rings. The number of halogens is 1. The molecule has 0 aromatic carbocycles. The van der Waals surface area contributed by atoms with Crippen LogP contribution in [0.2, 0.25) is 5.02 Å². The number of pyridine rings is 1. The summed E-state index contributed by atoms with van der Waals surface area (Å²) in [7, 11) is 0. The highest BCUT2D eigenvalue weighted by Gasteiger charge is 2.18. The van der Waals surface area contributed by atoms with Crippen LogP contribution in [0.4, 0.5) is 0 Å². The van der Waals surface area contributed by atoms with Crippen molar-refractivity contribution in [2.45, 2.75) is 19.5 Å². The summed E-state index contributed by atoms with van der Waals surface area (Å²) in [6.45, 7) is 5.61. The lowest BCUT2D eigenvalue weighted by Gasteiger charge is -2.32. The Hall–Kier alpha value is -0.640. The van der Waals surface area contributed by atoms with Crippen molar-refractivity contribution in [2.75, 3.05) is 19.8 Å². The van der Waals surface area contributed by atoms with Crippen molar-refractivity contribution >= 4 is 11.6 Å². The third kappa shape index (κ3) is 2.91. The summed E-state index contributed by atoms with van der Waals surface area (Å²) < 4.78 is 5.39. The van der Waals surface area contributed by atoms with Crippen LogP contribution in [0.15, 0.2) is 18.3 Å². The molecule has 1 aliphatic rings. The maximum atomic E-state index is 5.92. The number of rotatable bonds is 2. The molecule has 0 spiro atoms. The van der Waals surface area contributed by atoms with Crippen LogP contribution in [0.5, 0.6) is 0 Å². The highest BCUT2D eigenvalue weighted by molar-refractivity contribution is 6.30. The smallest absolute Gasteiger partial charge is 0.0619 e. The van der Waals surface area contributed by atoms with E-state index in [0.717, 1.165) is 37.0 Å². The zero-order valence-electron chi connectivity index (χ0n) is 8.82. The molecule has 0 N–H and O–H groups in total. The molecular formula is C11H15ClN2O. The number of ether oxygens (including phenoxy) is 1. The van der Waals surface area contributed by atoms with Gasteiger partial charge in [-0.2, -0.15) is 0 Å². The van der Waals surface area contributed by atoms with Crippen LogP contribution >= 0.6 is 11.6 Å². The first-order valence-corrected chi connectivity index (χ1v) is 5.56. The number of aromatic nitrogens is 1. The summed E-state index contributed by atoms with van der Waals surface area (Å²) in [4.78, 5) is 6.66. The quantitative estimate of drug-likeness (QED) is 0.771. The predicted octanol–water partition coefficient (Wildman–Crippen LogP) is 1.96. The summed E-state index contributed by atoms with van der Waals surface area (Å²) >= 11 is 5.92. The van der Waals surface area contributed by atoms with Crippen molar-refractivity contribution in [1.29, 1.82) is 0 Å². The third-order valence-corrected chi connectivity index (χ3v) is 2.88. The van der Waals surface area contributed by atoms with Gasteiger partial charge in [0, 0.05) is 30.4 Å². The summed E-state index contributed by atoms with van der Waals surface area (Å²) in [5.41, 5.74) is 1.02. The first-order chi connectivity index (χ1) is 7.25. The van der Waals surface area contributed by atoms with E-state index in [1.54, 1.807) is 12.3 Å². The van der Waals surface area contributed by atoms with Gasteiger partial charge < -0.3 is 4.74 Å². The molecule has 0 bridgehead atoms. The van der Waals surface area contributed by atoms with Crippen LogP contribution in [0, 0.1) is 0 Å². The number of nitrogens with zero attached hydrogens (tertiary/aromatic N) is 2. The second-order valence-corrected chi connectivity index (χ2v) is 4.30. The summed E-state index contributed by atoms with van der Waals surface area (Å²) in [6.07, 6.45) is 1.75. The maximum absolute atomic E-state index is 5.92. The Kier molecular flexibility index (Phi) is 3.57. The van der Waals surface area contributed by atoms with Gasteiger partial charge in [-0.15, -0.1) is 0 Å². The minimum absolute atomic E-state index is 0.458. The van der Waals surface area contributed by atoms with E-state index in [1.165, 1.54) is 0 Å². The van der Waals surface area contributed by atoms with Gasteiger partial charge in [0.2, 0.25) is 0 Å². The molecule has 1 unspecified atom stereocenters. The number of hydrogen-bond donors (Lipinski definition) is 0. The van der Waals surface area contributed by atoms with E-state index in [4.69, 9.17) is 16.3 Å². The van der Waals surface area contributed by atoms with Gasteiger partial charge in [-0.25, -0.2) is 0 Å². The van der Waals surface area contributed by atoms with E-state index in [-0.39, 0.29) is 0 Å². The molecule has 0 radical (unpaired) electrons. The zero-order chi connectivity index (χ0) is 10.7. The Balaban J connectivity index is 2.01. The van der Waals surface area contributed by atoms with Gasteiger partial charge in [-0.3, -0.25) is 9.88 Å². The average molecular weight is 227 g/mol. The van der Waals surface area contributed by atoms with Crippen molar-refractivity contribution < 1.29 is 4.74 Å². The van der Waals surface area contributed by atoms with Gasteiger partial charge in [-0.1, -0.05) is 11.6 Å². The van der Waals surface area contributed by atoms with Crippen LogP contribution in [0.3, 0.4) is 0 Å². The zero-order valence-corrected chi connectivity index (χ0v) is 9.57. The van der Waals surface area contributed by atoms with Crippen LogP contribution in [-0.2, 0) is 11.3 Å². The minimum atomic E-state index is 0.458. The van der Waals surface area contributed by atoms with Gasteiger partial charge in [0.15, 0.2) is 0 Å². The lowest BCUT2D eigenvalue weighted by Crippen LogP contribution is -2.43. The van der Waals surface area contributed by atoms with Crippen LogP contribution in [-0.4, -0.2) is 35.7 Å². The molecule has 2 heterocycles. The lowest BCUT2D eigenvalue weighted by molar-refractivity contribution is -0.00490. The third-order valence-electron chi connectivity index (χ3n) is 2.65. The van der Waals surface area contributed by atoms with E-state index >= 15 is 0 Å². The molecule has 15 heavy (non-hydrogen) atoms. The fourth-order valence-electron chi connectivity index (χ4n) is 1.74.